The number of benzene rings is 1. The molecule has 0 saturated carbocycles. The Balaban J connectivity index is 1.96. The van der Waals surface area contributed by atoms with E-state index in [0.717, 1.165) is 12.0 Å². The first-order chi connectivity index (χ1) is 8.16. The normalized spacial score (nSPS) is 19.3. The van der Waals surface area contributed by atoms with Crippen molar-refractivity contribution in [2.24, 2.45) is 0 Å². The van der Waals surface area contributed by atoms with Crippen molar-refractivity contribution in [3.8, 4) is 0 Å². The highest BCUT2D eigenvalue weighted by atomic mass is 32.2. The molecule has 0 aliphatic carbocycles. The Kier molecular flexibility index (Phi) is 4.05. The second-order valence-electron chi connectivity index (χ2n) is 4.33. The summed E-state index contributed by atoms with van der Waals surface area (Å²) in [4.78, 5) is 11.8. The standard InChI is InChI=1S/C13H16FNOS/c1-9-4-5-12(14)11(7-9)13(16)15-8-10-3-2-6-17-10/h4-5,7,10H,2-3,6,8H2,1H3,(H,15,16). The first kappa shape index (κ1) is 12.4. The highest BCUT2D eigenvalue weighted by molar-refractivity contribution is 8.00. The predicted octanol–water partition coefficient (Wildman–Crippen LogP) is 2.76. The Morgan fingerprint density at radius 1 is 1.59 bits per heavy atom. The number of rotatable bonds is 3. The van der Waals surface area contributed by atoms with Crippen molar-refractivity contribution in [1.29, 1.82) is 0 Å². The second-order valence-corrected chi connectivity index (χ2v) is 5.74. The van der Waals surface area contributed by atoms with Gasteiger partial charge in [-0.15, -0.1) is 0 Å². The summed E-state index contributed by atoms with van der Waals surface area (Å²) in [6, 6.07) is 4.60. The number of hydrogen-bond donors (Lipinski definition) is 1. The lowest BCUT2D eigenvalue weighted by molar-refractivity contribution is 0.0949. The number of halogens is 1. The first-order valence-corrected chi connectivity index (χ1v) is 6.87. The fraction of sp³-hybridized carbons (Fsp3) is 0.462. The maximum atomic E-state index is 13.5. The van der Waals surface area contributed by atoms with Gasteiger partial charge in [0.15, 0.2) is 0 Å². The van der Waals surface area contributed by atoms with Gasteiger partial charge in [-0.05, 0) is 37.7 Å². The quantitative estimate of drug-likeness (QED) is 0.897. The Morgan fingerprint density at radius 2 is 2.41 bits per heavy atom. The predicted molar refractivity (Wildman–Crippen MR) is 69.0 cm³/mol. The van der Waals surface area contributed by atoms with E-state index in [2.05, 4.69) is 5.32 Å². The van der Waals surface area contributed by atoms with E-state index < -0.39 is 5.82 Å². The molecular weight excluding hydrogens is 237 g/mol. The van der Waals surface area contributed by atoms with Crippen molar-refractivity contribution >= 4 is 17.7 Å². The molecule has 1 aromatic rings. The summed E-state index contributed by atoms with van der Waals surface area (Å²) in [5, 5.41) is 3.30. The molecule has 0 spiro atoms. The topological polar surface area (TPSA) is 29.1 Å². The number of amides is 1. The molecule has 1 heterocycles. The lowest BCUT2D eigenvalue weighted by Gasteiger charge is -2.10. The molecule has 92 valence electrons. The number of carbonyl (C=O) groups excluding carboxylic acids is 1. The number of aryl methyl sites for hydroxylation is 1. The van der Waals surface area contributed by atoms with Crippen LogP contribution in [0, 0.1) is 12.7 Å². The van der Waals surface area contributed by atoms with Gasteiger partial charge in [0.25, 0.3) is 5.91 Å². The minimum absolute atomic E-state index is 0.146. The van der Waals surface area contributed by atoms with Crippen LogP contribution in [0.1, 0.15) is 28.8 Å². The summed E-state index contributed by atoms with van der Waals surface area (Å²) >= 11 is 1.88. The zero-order valence-corrected chi connectivity index (χ0v) is 10.6. The van der Waals surface area contributed by atoms with Crippen molar-refractivity contribution in [3.63, 3.8) is 0 Å². The fourth-order valence-electron chi connectivity index (χ4n) is 1.92. The van der Waals surface area contributed by atoms with Crippen LogP contribution in [0.25, 0.3) is 0 Å². The van der Waals surface area contributed by atoms with Crippen LogP contribution < -0.4 is 5.32 Å². The Bertz CT molecular complexity index is 416. The van der Waals surface area contributed by atoms with Gasteiger partial charge in [0, 0.05) is 11.8 Å². The average Bonchev–Trinajstić information content (AvgIpc) is 2.82. The van der Waals surface area contributed by atoms with Crippen LogP contribution in [0.3, 0.4) is 0 Å². The molecule has 2 nitrogen and oxygen atoms in total. The molecule has 1 aliphatic rings. The van der Waals surface area contributed by atoms with Gasteiger partial charge < -0.3 is 5.32 Å². The zero-order valence-electron chi connectivity index (χ0n) is 9.83. The van der Waals surface area contributed by atoms with Crippen LogP contribution >= 0.6 is 11.8 Å². The van der Waals surface area contributed by atoms with Crippen molar-refractivity contribution in [3.05, 3.63) is 35.1 Å². The molecular formula is C13H16FNOS. The highest BCUT2D eigenvalue weighted by Crippen LogP contribution is 2.25. The van der Waals surface area contributed by atoms with E-state index in [4.69, 9.17) is 0 Å². The van der Waals surface area contributed by atoms with Crippen molar-refractivity contribution in [2.45, 2.75) is 25.0 Å². The van der Waals surface area contributed by atoms with Gasteiger partial charge in [-0.3, -0.25) is 4.79 Å². The Labute approximate surface area is 105 Å². The van der Waals surface area contributed by atoms with Gasteiger partial charge in [-0.1, -0.05) is 11.6 Å². The van der Waals surface area contributed by atoms with Gasteiger partial charge in [0.2, 0.25) is 0 Å². The minimum atomic E-state index is -0.452. The molecule has 4 heteroatoms. The summed E-state index contributed by atoms with van der Waals surface area (Å²) in [5.41, 5.74) is 1.04. The lowest BCUT2D eigenvalue weighted by Crippen LogP contribution is -2.30. The average molecular weight is 253 g/mol. The molecule has 2 rings (SSSR count). The van der Waals surface area contributed by atoms with Crippen LogP contribution in [-0.4, -0.2) is 23.5 Å². The molecule has 1 fully saturated rings. The SMILES string of the molecule is Cc1ccc(F)c(C(=O)NCC2CCCS2)c1. The first-order valence-electron chi connectivity index (χ1n) is 5.83. The minimum Gasteiger partial charge on any atom is -0.351 e. The number of carbonyl (C=O) groups is 1. The molecule has 1 saturated heterocycles. The number of nitrogens with one attached hydrogen (secondary N) is 1. The van der Waals surface area contributed by atoms with E-state index in [1.807, 2.05) is 18.7 Å². The van der Waals surface area contributed by atoms with Crippen molar-refractivity contribution in [1.82, 2.24) is 5.32 Å². The molecule has 1 amide bonds. The largest absolute Gasteiger partial charge is 0.351 e. The third kappa shape index (κ3) is 3.22. The van der Waals surface area contributed by atoms with Crippen LogP contribution in [0.4, 0.5) is 4.39 Å². The third-order valence-corrected chi connectivity index (χ3v) is 4.28. The Morgan fingerprint density at radius 3 is 3.12 bits per heavy atom. The van der Waals surface area contributed by atoms with Crippen LogP contribution in [0.2, 0.25) is 0 Å². The molecule has 1 unspecified atom stereocenters. The van der Waals surface area contributed by atoms with Gasteiger partial charge in [0.1, 0.15) is 5.82 Å². The molecule has 0 aromatic heterocycles. The molecule has 0 bridgehead atoms. The third-order valence-electron chi connectivity index (χ3n) is 2.88. The molecule has 0 radical (unpaired) electrons. The summed E-state index contributed by atoms with van der Waals surface area (Å²) in [7, 11) is 0. The second kappa shape index (κ2) is 5.54. The molecule has 1 N–H and O–H groups in total. The summed E-state index contributed by atoms with van der Waals surface area (Å²) < 4.78 is 13.5. The van der Waals surface area contributed by atoms with Crippen LogP contribution in [0.15, 0.2) is 18.2 Å². The maximum absolute atomic E-state index is 13.5. The summed E-state index contributed by atoms with van der Waals surface area (Å²) in [6.45, 7) is 2.49. The van der Waals surface area contributed by atoms with Gasteiger partial charge in [0.05, 0.1) is 5.56 Å². The molecule has 1 aromatic carbocycles. The van der Waals surface area contributed by atoms with E-state index >= 15 is 0 Å². The van der Waals surface area contributed by atoms with Crippen molar-refractivity contribution in [2.75, 3.05) is 12.3 Å². The maximum Gasteiger partial charge on any atom is 0.254 e. The van der Waals surface area contributed by atoms with Crippen LogP contribution in [-0.2, 0) is 0 Å². The van der Waals surface area contributed by atoms with Gasteiger partial charge in [-0.25, -0.2) is 4.39 Å². The van der Waals surface area contributed by atoms with Crippen molar-refractivity contribution < 1.29 is 9.18 Å². The van der Waals surface area contributed by atoms with Gasteiger partial charge >= 0.3 is 0 Å². The molecule has 1 atom stereocenters. The number of thioether (sulfide) groups is 1. The van der Waals surface area contributed by atoms with E-state index in [0.29, 0.717) is 11.8 Å². The lowest BCUT2D eigenvalue weighted by atomic mass is 10.1. The summed E-state index contributed by atoms with van der Waals surface area (Å²) in [5.74, 6) is 0.408. The smallest absolute Gasteiger partial charge is 0.254 e. The van der Waals surface area contributed by atoms with Gasteiger partial charge in [-0.2, -0.15) is 11.8 Å². The fourth-order valence-corrected chi connectivity index (χ4v) is 3.12. The highest BCUT2D eigenvalue weighted by Gasteiger charge is 2.18. The molecule has 1 aliphatic heterocycles. The van der Waals surface area contributed by atoms with E-state index in [1.54, 1.807) is 12.1 Å². The zero-order chi connectivity index (χ0) is 12.3. The van der Waals surface area contributed by atoms with E-state index in [-0.39, 0.29) is 11.5 Å². The van der Waals surface area contributed by atoms with E-state index in [1.165, 1.54) is 18.2 Å². The summed E-state index contributed by atoms with van der Waals surface area (Å²) in [6.07, 6.45) is 2.35. The number of hydrogen-bond acceptors (Lipinski definition) is 2. The molecule has 17 heavy (non-hydrogen) atoms. The Hall–Kier alpha value is -1.03. The monoisotopic (exact) mass is 253 g/mol. The van der Waals surface area contributed by atoms with E-state index in [9.17, 15) is 9.18 Å². The van der Waals surface area contributed by atoms with Crippen LogP contribution in [0.5, 0.6) is 0 Å².